The van der Waals surface area contributed by atoms with E-state index in [1.54, 1.807) is 29.2 Å². The summed E-state index contributed by atoms with van der Waals surface area (Å²) in [6.07, 6.45) is 1.08. The molecular weight excluding hydrogens is 380 g/mol. The highest BCUT2D eigenvalue weighted by Gasteiger charge is 2.20. The predicted molar refractivity (Wildman–Crippen MR) is 102 cm³/mol. The van der Waals surface area contributed by atoms with Crippen LogP contribution in [0.4, 0.5) is 11.4 Å². The fourth-order valence-corrected chi connectivity index (χ4v) is 3.00. The van der Waals surface area contributed by atoms with Crippen LogP contribution in [0.2, 0.25) is 0 Å². The Hall–Kier alpha value is -3.86. The quantitative estimate of drug-likeness (QED) is 0.503. The first-order chi connectivity index (χ1) is 14.0. The van der Waals surface area contributed by atoms with Crippen molar-refractivity contribution in [1.82, 2.24) is 20.1 Å². The smallest absolute Gasteiger partial charge is 0.288 e. The first-order valence-corrected chi connectivity index (χ1v) is 8.80. The van der Waals surface area contributed by atoms with Gasteiger partial charge in [-0.15, -0.1) is 0 Å². The fraction of sp³-hybridized carbons (Fsp3) is 0.222. The topological polar surface area (TPSA) is 143 Å². The molecule has 0 bridgehead atoms. The highest BCUT2D eigenvalue weighted by molar-refractivity contribution is 6.11. The number of aromatic nitrogens is 3. The number of ether oxygens (including phenoxy) is 1. The van der Waals surface area contributed by atoms with Gasteiger partial charge in [0.1, 0.15) is 11.9 Å². The lowest BCUT2D eigenvalue weighted by Gasteiger charge is -2.26. The van der Waals surface area contributed by atoms with Crippen LogP contribution in [0.5, 0.6) is 0 Å². The van der Waals surface area contributed by atoms with Gasteiger partial charge in [-0.05, 0) is 24.3 Å². The second kappa shape index (κ2) is 7.64. The molecule has 0 unspecified atom stereocenters. The normalized spacial score (nSPS) is 14.0. The van der Waals surface area contributed by atoms with E-state index < -0.39 is 10.8 Å². The minimum absolute atomic E-state index is 0.0599. The molecule has 148 valence electrons. The van der Waals surface area contributed by atoms with Crippen LogP contribution in [0.1, 0.15) is 20.8 Å². The Balaban J connectivity index is 1.50. The molecule has 4 rings (SSSR count). The van der Waals surface area contributed by atoms with Gasteiger partial charge in [0, 0.05) is 30.4 Å². The molecule has 2 amide bonds. The van der Waals surface area contributed by atoms with E-state index in [1.807, 2.05) is 0 Å². The lowest BCUT2D eigenvalue weighted by molar-refractivity contribution is -0.385. The number of nitrogens with zero attached hydrogens (tertiary/aromatic N) is 4. The number of carbonyl (C=O) groups is 2. The van der Waals surface area contributed by atoms with Crippen LogP contribution < -0.4 is 5.32 Å². The highest BCUT2D eigenvalue weighted by Crippen LogP contribution is 2.21. The third kappa shape index (κ3) is 3.75. The Morgan fingerprint density at radius 1 is 1.21 bits per heavy atom. The van der Waals surface area contributed by atoms with E-state index in [0.29, 0.717) is 37.6 Å². The Bertz CT molecular complexity index is 1090. The van der Waals surface area contributed by atoms with Crippen LogP contribution in [0, 0.1) is 10.1 Å². The van der Waals surface area contributed by atoms with Crippen molar-refractivity contribution in [3.05, 3.63) is 57.9 Å². The van der Waals surface area contributed by atoms with Gasteiger partial charge in [-0.2, -0.15) is 5.10 Å². The Kier molecular flexibility index (Phi) is 4.87. The maximum Gasteiger partial charge on any atom is 0.288 e. The third-order valence-corrected chi connectivity index (χ3v) is 4.52. The summed E-state index contributed by atoms with van der Waals surface area (Å²) in [5.41, 5.74) is 1.00. The molecule has 0 spiro atoms. The molecule has 3 heterocycles. The van der Waals surface area contributed by atoms with Gasteiger partial charge in [0.05, 0.1) is 23.5 Å². The number of pyridine rings is 1. The minimum Gasteiger partial charge on any atom is -0.378 e. The number of nitrogens with one attached hydrogen (secondary N) is 2. The second-order valence-electron chi connectivity index (χ2n) is 6.36. The van der Waals surface area contributed by atoms with Gasteiger partial charge < -0.3 is 15.0 Å². The van der Waals surface area contributed by atoms with Gasteiger partial charge in [-0.1, -0.05) is 0 Å². The highest BCUT2D eigenvalue weighted by atomic mass is 16.6. The summed E-state index contributed by atoms with van der Waals surface area (Å²) < 4.78 is 5.24. The first kappa shape index (κ1) is 18.5. The molecule has 11 heteroatoms. The molecule has 3 aromatic rings. The van der Waals surface area contributed by atoms with E-state index in [2.05, 4.69) is 20.5 Å². The van der Waals surface area contributed by atoms with Crippen LogP contribution in [-0.4, -0.2) is 63.1 Å². The number of H-pyrrole nitrogens is 1. The molecule has 11 nitrogen and oxygen atoms in total. The van der Waals surface area contributed by atoms with Gasteiger partial charge in [0.15, 0.2) is 5.65 Å². The zero-order chi connectivity index (χ0) is 20.4. The van der Waals surface area contributed by atoms with E-state index in [-0.39, 0.29) is 28.3 Å². The van der Waals surface area contributed by atoms with Crippen LogP contribution in [-0.2, 0) is 4.74 Å². The molecule has 0 atom stereocenters. The molecule has 29 heavy (non-hydrogen) atoms. The zero-order valence-corrected chi connectivity index (χ0v) is 15.1. The third-order valence-electron chi connectivity index (χ3n) is 4.52. The first-order valence-electron chi connectivity index (χ1n) is 8.80. The van der Waals surface area contributed by atoms with Crippen molar-refractivity contribution in [1.29, 1.82) is 0 Å². The van der Waals surface area contributed by atoms with Crippen LogP contribution in [0.25, 0.3) is 11.0 Å². The summed E-state index contributed by atoms with van der Waals surface area (Å²) in [6, 6.07) is 7.73. The average molecular weight is 396 g/mol. The van der Waals surface area contributed by atoms with E-state index in [9.17, 15) is 19.7 Å². The Labute approximate surface area is 163 Å². The van der Waals surface area contributed by atoms with Crippen molar-refractivity contribution >= 4 is 34.2 Å². The molecule has 0 saturated carbocycles. The SMILES string of the molecule is O=C(Nc1ccc(C(=O)N2CCOCC2)cc1)c1[nH]nc2ncc([N+](=O)[O-])cc12. The van der Waals surface area contributed by atoms with E-state index in [4.69, 9.17) is 4.74 Å². The molecule has 1 aromatic carbocycles. The lowest BCUT2D eigenvalue weighted by Crippen LogP contribution is -2.40. The van der Waals surface area contributed by atoms with Crippen molar-refractivity contribution in [3.8, 4) is 0 Å². The Morgan fingerprint density at radius 2 is 1.93 bits per heavy atom. The predicted octanol–water partition coefficient (Wildman–Crippen LogP) is 1.59. The molecule has 1 fully saturated rings. The lowest BCUT2D eigenvalue weighted by atomic mass is 10.1. The number of benzene rings is 1. The monoisotopic (exact) mass is 396 g/mol. The summed E-state index contributed by atoms with van der Waals surface area (Å²) in [5, 5.41) is 20.3. The largest absolute Gasteiger partial charge is 0.378 e. The number of morpholine rings is 1. The van der Waals surface area contributed by atoms with Crippen molar-refractivity contribution in [2.24, 2.45) is 0 Å². The number of nitro groups is 1. The van der Waals surface area contributed by atoms with Crippen LogP contribution in [0.15, 0.2) is 36.5 Å². The van der Waals surface area contributed by atoms with E-state index >= 15 is 0 Å². The van der Waals surface area contributed by atoms with Gasteiger partial charge in [0.25, 0.3) is 17.5 Å². The molecule has 1 aliphatic rings. The van der Waals surface area contributed by atoms with Crippen molar-refractivity contribution < 1.29 is 19.2 Å². The Morgan fingerprint density at radius 3 is 2.62 bits per heavy atom. The van der Waals surface area contributed by atoms with Gasteiger partial charge >= 0.3 is 0 Å². The van der Waals surface area contributed by atoms with Crippen molar-refractivity contribution in [2.75, 3.05) is 31.6 Å². The standard InChI is InChI=1S/C18H16N6O5/c25-17(15-14-9-13(24(27)28)10-19-16(14)22-21-15)20-12-3-1-11(2-4-12)18(26)23-5-7-29-8-6-23/h1-4,9-10H,5-8H2,(H,20,25)(H,19,21,22). The molecule has 1 saturated heterocycles. The van der Waals surface area contributed by atoms with Crippen LogP contribution >= 0.6 is 0 Å². The summed E-state index contributed by atoms with van der Waals surface area (Å²) in [6.45, 7) is 2.13. The minimum atomic E-state index is -0.592. The van der Waals surface area contributed by atoms with Gasteiger partial charge in [0.2, 0.25) is 0 Å². The molecular formula is C18H16N6O5. The van der Waals surface area contributed by atoms with Crippen molar-refractivity contribution in [2.45, 2.75) is 0 Å². The number of hydrogen-bond acceptors (Lipinski definition) is 7. The second-order valence-corrected chi connectivity index (χ2v) is 6.36. The van der Waals surface area contributed by atoms with Gasteiger partial charge in [-0.25, -0.2) is 4.98 Å². The number of hydrogen-bond donors (Lipinski definition) is 2. The number of rotatable bonds is 4. The number of anilines is 1. The zero-order valence-electron chi connectivity index (χ0n) is 15.1. The average Bonchev–Trinajstić information content (AvgIpc) is 3.18. The van der Waals surface area contributed by atoms with Crippen molar-refractivity contribution in [3.63, 3.8) is 0 Å². The molecule has 2 aromatic heterocycles. The molecule has 1 aliphatic heterocycles. The number of amides is 2. The molecule has 0 radical (unpaired) electrons. The fourth-order valence-electron chi connectivity index (χ4n) is 3.00. The molecule has 0 aliphatic carbocycles. The summed E-state index contributed by atoms with van der Waals surface area (Å²) >= 11 is 0. The van der Waals surface area contributed by atoms with E-state index in [1.165, 1.54) is 6.07 Å². The number of carbonyl (C=O) groups excluding carboxylic acids is 2. The summed E-state index contributed by atoms with van der Waals surface area (Å²) in [7, 11) is 0. The number of fused-ring (bicyclic) bond motifs is 1. The maximum atomic E-state index is 12.6. The van der Waals surface area contributed by atoms with Gasteiger partial charge in [-0.3, -0.25) is 24.8 Å². The number of aromatic amines is 1. The van der Waals surface area contributed by atoms with E-state index in [0.717, 1.165) is 6.20 Å². The summed E-state index contributed by atoms with van der Waals surface area (Å²) in [5.74, 6) is -0.619. The summed E-state index contributed by atoms with van der Waals surface area (Å²) in [4.78, 5) is 41.0. The maximum absolute atomic E-state index is 12.6. The van der Waals surface area contributed by atoms with Crippen LogP contribution in [0.3, 0.4) is 0 Å². The molecule has 2 N–H and O–H groups in total.